The summed E-state index contributed by atoms with van der Waals surface area (Å²) >= 11 is 0. The van der Waals surface area contributed by atoms with E-state index in [0.29, 0.717) is 5.75 Å². The summed E-state index contributed by atoms with van der Waals surface area (Å²) in [7, 11) is 3.23. The van der Waals surface area contributed by atoms with Crippen LogP contribution in [0.3, 0.4) is 0 Å². The van der Waals surface area contributed by atoms with Gasteiger partial charge in [0.05, 0.1) is 20.3 Å². The molecule has 144 valence electrons. The highest BCUT2D eigenvalue weighted by Crippen LogP contribution is 2.29. The lowest BCUT2D eigenvalue weighted by Crippen LogP contribution is -2.25. The minimum Gasteiger partial charge on any atom is -0.497 e. The summed E-state index contributed by atoms with van der Waals surface area (Å²) < 4.78 is 10.7. The first kappa shape index (κ1) is 20.6. The Labute approximate surface area is 162 Å². The zero-order valence-corrected chi connectivity index (χ0v) is 17.0. The van der Waals surface area contributed by atoms with E-state index in [0.717, 1.165) is 16.9 Å². The summed E-state index contributed by atoms with van der Waals surface area (Å²) in [5.41, 5.74) is 3.24. The van der Waals surface area contributed by atoms with Crippen molar-refractivity contribution in [1.82, 2.24) is 5.32 Å². The average Bonchev–Trinajstić information content (AvgIpc) is 2.65. The molecule has 2 rings (SSSR count). The Balaban J connectivity index is 2.06. The van der Waals surface area contributed by atoms with Gasteiger partial charge in [-0.25, -0.2) is 0 Å². The third-order valence-electron chi connectivity index (χ3n) is 4.47. The number of amides is 1. The summed E-state index contributed by atoms with van der Waals surface area (Å²) in [6, 6.07) is 13.6. The van der Waals surface area contributed by atoms with E-state index in [4.69, 9.17) is 9.47 Å². The molecule has 4 heteroatoms. The smallest absolute Gasteiger partial charge is 0.244 e. The van der Waals surface area contributed by atoms with Crippen LogP contribution in [-0.2, 0) is 10.2 Å². The molecule has 0 heterocycles. The fourth-order valence-corrected chi connectivity index (χ4v) is 2.78. The van der Waals surface area contributed by atoms with Gasteiger partial charge < -0.3 is 14.8 Å². The summed E-state index contributed by atoms with van der Waals surface area (Å²) in [4.78, 5) is 12.3. The molecule has 4 nitrogen and oxygen atoms in total. The Bertz CT molecular complexity index is 801. The van der Waals surface area contributed by atoms with Gasteiger partial charge in [0.2, 0.25) is 5.91 Å². The first-order valence-corrected chi connectivity index (χ1v) is 9.05. The van der Waals surface area contributed by atoms with Crippen LogP contribution in [0.15, 0.2) is 48.5 Å². The minimum absolute atomic E-state index is 0.116. The van der Waals surface area contributed by atoms with Crippen molar-refractivity contribution in [3.8, 4) is 11.5 Å². The molecule has 1 atom stereocenters. The molecule has 0 saturated heterocycles. The minimum atomic E-state index is -0.213. The lowest BCUT2D eigenvalue weighted by atomic mass is 9.87. The third kappa shape index (κ3) is 5.61. The number of rotatable bonds is 6. The second kappa shape index (κ2) is 8.76. The lowest BCUT2D eigenvalue weighted by Gasteiger charge is -2.18. The van der Waals surface area contributed by atoms with Gasteiger partial charge in [0, 0.05) is 11.6 Å². The third-order valence-corrected chi connectivity index (χ3v) is 4.47. The van der Waals surface area contributed by atoms with Crippen LogP contribution in [-0.4, -0.2) is 20.1 Å². The molecule has 0 aliphatic heterocycles. The summed E-state index contributed by atoms with van der Waals surface area (Å²) in [6.07, 6.45) is 3.37. The van der Waals surface area contributed by atoms with E-state index in [1.54, 1.807) is 20.3 Å². The number of carbonyl (C=O) groups is 1. The maximum Gasteiger partial charge on any atom is 0.244 e. The predicted octanol–water partition coefficient (Wildman–Crippen LogP) is 4.89. The molecular formula is C23H29NO3. The SMILES string of the molecule is COc1ccc(OC)c([C@@H](C)NC(=O)/C=C/c2ccc(C(C)(C)C)cc2)c1. The average molecular weight is 367 g/mol. The van der Waals surface area contributed by atoms with Crippen molar-refractivity contribution >= 4 is 12.0 Å². The summed E-state index contributed by atoms with van der Waals surface area (Å²) in [5, 5.41) is 2.97. The number of ether oxygens (including phenoxy) is 2. The molecule has 1 N–H and O–H groups in total. The molecule has 0 spiro atoms. The number of nitrogens with one attached hydrogen (secondary N) is 1. The fourth-order valence-electron chi connectivity index (χ4n) is 2.78. The lowest BCUT2D eigenvalue weighted by molar-refractivity contribution is -0.117. The normalized spacial score (nSPS) is 12.7. The van der Waals surface area contributed by atoms with Gasteiger partial charge in [-0.3, -0.25) is 4.79 Å². The standard InChI is InChI=1S/C23H29NO3/c1-16(20-15-19(26-5)12-13-21(20)27-6)24-22(25)14-9-17-7-10-18(11-8-17)23(2,3)4/h7-16H,1-6H3,(H,24,25)/b14-9+/t16-/m1/s1. The van der Waals surface area contributed by atoms with E-state index in [1.165, 1.54) is 5.56 Å². The molecule has 0 bridgehead atoms. The van der Waals surface area contributed by atoms with Crippen LogP contribution in [0.4, 0.5) is 0 Å². The molecule has 0 aliphatic rings. The largest absolute Gasteiger partial charge is 0.497 e. The molecule has 0 saturated carbocycles. The van der Waals surface area contributed by atoms with Gasteiger partial charge in [0.25, 0.3) is 0 Å². The number of hydrogen-bond donors (Lipinski definition) is 1. The van der Waals surface area contributed by atoms with Gasteiger partial charge >= 0.3 is 0 Å². The van der Waals surface area contributed by atoms with Crippen LogP contribution in [0.1, 0.15) is 50.4 Å². The molecule has 27 heavy (non-hydrogen) atoms. The van der Waals surface area contributed by atoms with E-state index in [9.17, 15) is 4.79 Å². The first-order valence-electron chi connectivity index (χ1n) is 9.05. The molecule has 0 aliphatic carbocycles. The van der Waals surface area contributed by atoms with Crippen molar-refractivity contribution in [2.24, 2.45) is 0 Å². The highest BCUT2D eigenvalue weighted by atomic mass is 16.5. The number of benzene rings is 2. The number of methoxy groups -OCH3 is 2. The summed E-state index contributed by atoms with van der Waals surface area (Å²) in [5.74, 6) is 1.28. The van der Waals surface area contributed by atoms with E-state index in [-0.39, 0.29) is 17.4 Å². The van der Waals surface area contributed by atoms with Crippen LogP contribution in [0.2, 0.25) is 0 Å². The zero-order chi connectivity index (χ0) is 20.0. The van der Waals surface area contributed by atoms with Crippen molar-refractivity contribution < 1.29 is 14.3 Å². The quantitative estimate of drug-likeness (QED) is 0.739. The molecule has 0 aromatic heterocycles. The van der Waals surface area contributed by atoms with Crippen LogP contribution < -0.4 is 14.8 Å². The number of hydrogen-bond acceptors (Lipinski definition) is 3. The van der Waals surface area contributed by atoms with Crippen molar-refractivity contribution in [2.45, 2.75) is 39.2 Å². The van der Waals surface area contributed by atoms with Gasteiger partial charge in [0.1, 0.15) is 11.5 Å². The highest BCUT2D eigenvalue weighted by molar-refractivity contribution is 5.92. The fraction of sp³-hybridized carbons (Fsp3) is 0.348. The monoisotopic (exact) mass is 367 g/mol. The van der Waals surface area contributed by atoms with E-state index in [1.807, 2.05) is 43.3 Å². The first-order chi connectivity index (χ1) is 12.7. The molecule has 0 unspecified atom stereocenters. The molecule has 0 radical (unpaired) electrons. The van der Waals surface area contributed by atoms with Crippen molar-refractivity contribution in [3.05, 3.63) is 65.2 Å². The van der Waals surface area contributed by atoms with Crippen molar-refractivity contribution in [1.29, 1.82) is 0 Å². The Kier molecular flexibility index (Phi) is 6.67. The van der Waals surface area contributed by atoms with Crippen molar-refractivity contribution in [3.63, 3.8) is 0 Å². The molecule has 2 aromatic carbocycles. The van der Waals surface area contributed by atoms with Crippen LogP contribution >= 0.6 is 0 Å². The van der Waals surface area contributed by atoms with E-state index < -0.39 is 0 Å². The maximum absolute atomic E-state index is 12.3. The van der Waals surface area contributed by atoms with Gasteiger partial charge in [-0.05, 0) is 47.7 Å². The Morgan fingerprint density at radius 3 is 2.26 bits per heavy atom. The Morgan fingerprint density at radius 2 is 1.70 bits per heavy atom. The van der Waals surface area contributed by atoms with Gasteiger partial charge in [0.15, 0.2) is 0 Å². The number of carbonyl (C=O) groups excluding carboxylic acids is 1. The van der Waals surface area contributed by atoms with Crippen LogP contribution in [0, 0.1) is 0 Å². The topological polar surface area (TPSA) is 47.6 Å². The zero-order valence-electron chi connectivity index (χ0n) is 17.0. The molecular weight excluding hydrogens is 338 g/mol. The van der Waals surface area contributed by atoms with Gasteiger partial charge in [-0.1, -0.05) is 45.0 Å². The van der Waals surface area contributed by atoms with Crippen LogP contribution in [0.5, 0.6) is 11.5 Å². The van der Waals surface area contributed by atoms with Crippen LogP contribution in [0.25, 0.3) is 6.08 Å². The maximum atomic E-state index is 12.3. The highest BCUT2D eigenvalue weighted by Gasteiger charge is 2.15. The van der Waals surface area contributed by atoms with E-state index in [2.05, 4.69) is 38.2 Å². The van der Waals surface area contributed by atoms with Crippen molar-refractivity contribution in [2.75, 3.05) is 14.2 Å². The second-order valence-corrected chi connectivity index (χ2v) is 7.54. The summed E-state index contributed by atoms with van der Waals surface area (Å²) in [6.45, 7) is 8.46. The second-order valence-electron chi connectivity index (χ2n) is 7.54. The Morgan fingerprint density at radius 1 is 1.04 bits per heavy atom. The van der Waals surface area contributed by atoms with E-state index >= 15 is 0 Å². The Hall–Kier alpha value is -2.75. The molecule has 0 fully saturated rings. The van der Waals surface area contributed by atoms with Gasteiger partial charge in [-0.2, -0.15) is 0 Å². The predicted molar refractivity (Wildman–Crippen MR) is 110 cm³/mol. The van der Waals surface area contributed by atoms with Gasteiger partial charge in [-0.15, -0.1) is 0 Å². The molecule has 2 aromatic rings. The molecule has 1 amide bonds.